The summed E-state index contributed by atoms with van der Waals surface area (Å²) in [5.41, 5.74) is 4.86. The summed E-state index contributed by atoms with van der Waals surface area (Å²) in [5.74, 6) is 0. The van der Waals surface area contributed by atoms with Crippen LogP contribution in [0.25, 0.3) is 33.3 Å². The van der Waals surface area contributed by atoms with Gasteiger partial charge in [0.1, 0.15) is 20.9 Å². The molecule has 1 aliphatic rings. The van der Waals surface area contributed by atoms with Gasteiger partial charge in [-0.1, -0.05) is 30.3 Å². The third-order valence-corrected chi connectivity index (χ3v) is 5.16. The van der Waals surface area contributed by atoms with Crippen LogP contribution < -0.4 is 0 Å². The average molecular weight is 332 g/mol. The van der Waals surface area contributed by atoms with E-state index >= 15 is 0 Å². The minimum Gasteiger partial charge on any atom is -0.235 e. The first-order chi connectivity index (χ1) is 11.2. The second kappa shape index (κ2) is 5.27. The third kappa shape index (κ3) is 2.00. The molecule has 4 nitrogen and oxygen atoms in total. The van der Waals surface area contributed by atoms with Crippen molar-refractivity contribution in [3.8, 4) is 33.3 Å². The van der Waals surface area contributed by atoms with Crippen LogP contribution in [-0.2, 0) is 0 Å². The molecule has 4 rings (SSSR count). The standard InChI is InChI=1S/C17H8N4S2/c1-9-5-6-12-13-10(9)3-2-4-11(13)14-15(12)21-17(23-8-19)16(20-14)22-7-18/h2-6H,1H3. The number of thiocyanates is 2. The summed E-state index contributed by atoms with van der Waals surface area (Å²) in [4.78, 5) is 9.27. The second-order valence-electron chi connectivity index (χ2n) is 5.08. The number of nitriles is 2. The molecule has 0 bridgehead atoms. The maximum Gasteiger partial charge on any atom is 0.145 e. The Kier molecular flexibility index (Phi) is 3.23. The van der Waals surface area contributed by atoms with Crippen molar-refractivity contribution in [2.75, 3.05) is 0 Å². The van der Waals surface area contributed by atoms with Gasteiger partial charge in [-0.05, 0) is 17.9 Å². The van der Waals surface area contributed by atoms with E-state index in [1.165, 1.54) is 10.9 Å². The molecule has 23 heavy (non-hydrogen) atoms. The molecule has 0 aliphatic heterocycles. The zero-order chi connectivity index (χ0) is 16.0. The molecule has 0 saturated heterocycles. The van der Waals surface area contributed by atoms with Gasteiger partial charge in [0.15, 0.2) is 0 Å². The fourth-order valence-corrected chi connectivity index (χ4v) is 3.91. The van der Waals surface area contributed by atoms with E-state index in [-0.39, 0.29) is 0 Å². The van der Waals surface area contributed by atoms with E-state index in [4.69, 9.17) is 10.5 Å². The topological polar surface area (TPSA) is 73.4 Å². The van der Waals surface area contributed by atoms with E-state index in [1.54, 1.807) is 0 Å². The van der Waals surface area contributed by atoms with E-state index < -0.39 is 0 Å². The third-order valence-electron chi connectivity index (χ3n) is 3.89. The molecule has 1 aliphatic carbocycles. The lowest BCUT2D eigenvalue weighted by Crippen LogP contribution is -1.93. The van der Waals surface area contributed by atoms with Crippen molar-refractivity contribution in [1.82, 2.24) is 9.97 Å². The Morgan fingerprint density at radius 2 is 1.48 bits per heavy atom. The van der Waals surface area contributed by atoms with Crippen LogP contribution in [0.3, 0.4) is 0 Å². The van der Waals surface area contributed by atoms with Crippen molar-refractivity contribution in [3.63, 3.8) is 0 Å². The predicted molar refractivity (Wildman–Crippen MR) is 91.6 cm³/mol. The summed E-state index contributed by atoms with van der Waals surface area (Å²) in [6, 6.07) is 10.3. The monoisotopic (exact) mass is 332 g/mol. The largest absolute Gasteiger partial charge is 0.235 e. The molecule has 0 fully saturated rings. The zero-order valence-electron chi connectivity index (χ0n) is 12.0. The highest BCUT2D eigenvalue weighted by Gasteiger charge is 2.26. The molecule has 1 heterocycles. The van der Waals surface area contributed by atoms with Gasteiger partial charge < -0.3 is 0 Å². The lowest BCUT2D eigenvalue weighted by Gasteiger charge is -2.05. The van der Waals surface area contributed by atoms with Crippen molar-refractivity contribution in [3.05, 3.63) is 35.9 Å². The SMILES string of the molecule is Cc1ccc2c3c(cccc13)-c1nc(SC#N)c(SC#N)nc1-2. The first-order valence-corrected chi connectivity index (χ1v) is 8.45. The zero-order valence-corrected chi connectivity index (χ0v) is 13.6. The van der Waals surface area contributed by atoms with Crippen LogP contribution in [0.15, 0.2) is 40.4 Å². The molecule has 2 aromatic carbocycles. The van der Waals surface area contributed by atoms with Crippen LogP contribution in [0.5, 0.6) is 0 Å². The highest BCUT2D eigenvalue weighted by Crippen LogP contribution is 2.47. The molecule has 0 radical (unpaired) electrons. The van der Waals surface area contributed by atoms with Gasteiger partial charge in [-0.15, -0.1) is 0 Å². The lowest BCUT2D eigenvalue weighted by molar-refractivity contribution is 0.943. The number of hydrogen-bond donors (Lipinski definition) is 0. The van der Waals surface area contributed by atoms with Gasteiger partial charge in [-0.3, -0.25) is 0 Å². The Hall–Kier alpha value is -2.54. The second-order valence-corrected chi connectivity index (χ2v) is 6.62. The van der Waals surface area contributed by atoms with Crippen molar-refractivity contribution < 1.29 is 0 Å². The van der Waals surface area contributed by atoms with Gasteiger partial charge in [-0.25, -0.2) is 9.97 Å². The highest BCUT2D eigenvalue weighted by molar-refractivity contribution is 8.06. The molecule has 1 aromatic heterocycles. The number of aryl methyl sites for hydroxylation is 1. The summed E-state index contributed by atoms with van der Waals surface area (Å²) >= 11 is 1.88. The Labute approximate surface area is 141 Å². The lowest BCUT2D eigenvalue weighted by atomic mass is 10.0. The number of rotatable bonds is 2. The van der Waals surface area contributed by atoms with Gasteiger partial charge >= 0.3 is 0 Å². The molecule has 0 N–H and O–H groups in total. The number of hydrogen-bond acceptors (Lipinski definition) is 6. The first-order valence-electron chi connectivity index (χ1n) is 6.81. The first kappa shape index (κ1) is 14.1. The maximum absolute atomic E-state index is 8.98. The maximum atomic E-state index is 8.98. The summed E-state index contributed by atoms with van der Waals surface area (Å²) < 4.78 is 0. The Morgan fingerprint density at radius 3 is 2.09 bits per heavy atom. The Bertz CT molecular complexity index is 1010. The van der Waals surface area contributed by atoms with Crippen molar-refractivity contribution in [2.24, 2.45) is 0 Å². The molecule has 6 heteroatoms. The number of benzene rings is 2. The number of thioether (sulfide) groups is 2. The van der Waals surface area contributed by atoms with Crippen LogP contribution in [-0.4, -0.2) is 9.97 Å². The van der Waals surface area contributed by atoms with Crippen LogP contribution in [0.1, 0.15) is 5.56 Å². The predicted octanol–water partition coefficient (Wildman–Crippen LogP) is 4.73. The van der Waals surface area contributed by atoms with Gasteiger partial charge in [0, 0.05) is 40.0 Å². The molecule has 3 aromatic rings. The Balaban J connectivity index is 2.08. The summed E-state index contributed by atoms with van der Waals surface area (Å²) in [6.45, 7) is 2.08. The Morgan fingerprint density at radius 1 is 0.870 bits per heavy atom. The molecule has 0 atom stereocenters. The van der Waals surface area contributed by atoms with Crippen molar-refractivity contribution in [1.29, 1.82) is 10.5 Å². The molecule has 0 saturated carbocycles. The number of nitrogens with zero attached hydrogens (tertiary/aromatic N) is 4. The summed E-state index contributed by atoms with van der Waals surface area (Å²) in [6.07, 6.45) is 0. The van der Waals surface area contributed by atoms with Crippen LogP contribution in [0.4, 0.5) is 0 Å². The summed E-state index contributed by atoms with van der Waals surface area (Å²) in [5, 5.41) is 25.3. The average Bonchev–Trinajstić information content (AvgIpc) is 2.86. The molecule has 0 unspecified atom stereocenters. The van der Waals surface area contributed by atoms with Crippen LogP contribution in [0.2, 0.25) is 0 Å². The van der Waals surface area contributed by atoms with Crippen LogP contribution in [0, 0.1) is 28.3 Å². The van der Waals surface area contributed by atoms with Crippen LogP contribution >= 0.6 is 23.5 Å². The fourth-order valence-electron chi connectivity index (χ4n) is 2.95. The smallest absolute Gasteiger partial charge is 0.145 e. The van der Waals surface area contributed by atoms with E-state index in [0.29, 0.717) is 10.1 Å². The molecular weight excluding hydrogens is 324 g/mol. The molecule has 108 valence electrons. The minimum absolute atomic E-state index is 0.485. The molecular formula is C17H8N4S2. The van der Waals surface area contributed by atoms with Crippen molar-refractivity contribution >= 4 is 34.3 Å². The molecule has 0 spiro atoms. The van der Waals surface area contributed by atoms with E-state index in [0.717, 1.165) is 51.4 Å². The van der Waals surface area contributed by atoms with E-state index in [9.17, 15) is 0 Å². The van der Waals surface area contributed by atoms with E-state index in [2.05, 4.69) is 35.1 Å². The fraction of sp³-hybridized carbons (Fsp3) is 0.0588. The van der Waals surface area contributed by atoms with Gasteiger partial charge in [0.2, 0.25) is 0 Å². The quantitative estimate of drug-likeness (QED) is 0.390. The van der Waals surface area contributed by atoms with E-state index in [1.807, 2.05) is 22.9 Å². The molecule has 0 amide bonds. The highest BCUT2D eigenvalue weighted by atomic mass is 32.2. The van der Waals surface area contributed by atoms with Gasteiger partial charge in [0.05, 0.1) is 11.4 Å². The van der Waals surface area contributed by atoms with Crippen molar-refractivity contribution in [2.45, 2.75) is 17.0 Å². The number of fused-ring (bicyclic) bond motifs is 3. The van der Waals surface area contributed by atoms with Gasteiger partial charge in [0.25, 0.3) is 0 Å². The van der Waals surface area contributed by atoms with Gasteiger partial charge in [-0.2, -0.15) is 10.5 Å². The summed E-state index contributed by atoms with van der Waals surface area (Å²) in [7, 11) is 0. The normalized spacial score (nSPS) is 11.1. The minimum atomic E-state index is 0.485. The number of aromatic nitrogens is 2.